The van der Waals surface area contributed by atoms with Gasteiger partial charge in [0.25, 0.3) is 0 Å². The fourth-order valence-electron chi connectivity index (χ4n) is 2.35. The lowest BCUT2D eigenvalue weighted by atomic mass is 9.90. The van der Waals surface area contributed by atoms with Gasteiger partial charge in [0.1, 0.15) is 0 Å². The van der Waals surface area contributed by atoms with Gasteiger partial charge in [0, 0.05) is 0 Å². The van der Waals surface area contributed by atoms with Crippen LogP contribution in [0, 0.1) is 13.8 Å². The highest BCUT2D eigenvalue weighted by atomic mass is 16.4. The van der Waals surface area contributed by atoms with Crippen LogP contribution in [0.15, 0.2) is 42.5 Å². The topological polar surface area (TPSA) is 57.5 Å². The van der Waals surface area contributed by atoms with Gasteiger partial charge in [-0.2, -0.15) is 0 Å². The molecule has 0 saturated carbocycles. The normalized spacial score (nSPS) is 12.1. The Bertz CT molecular complexity index is 629. The van der Waals surface area contributed by atoms with Crippen LogP contribution in [0.1, 0.15) is 33.7 Å². The summed E-state index contributed by atoms with van der Waals surface area (Å²) in [7, 11) is 0. The molecule has 2 aromatic rings. The smallest absolute Gasteiger partial charge is 0.311 e. The van der Waals surface area contributed by atoms with Crippen LogP contribution >= 0.6 is 0 Å². The van der Waals surface area contributed by atoms with Gasteiger partial charge in [-0.15, -0.1) is 0 Å². The first-order valence-corrected chi connectivity index (χ1v) is 7.00. The number of hydrogen-bond acceptors (Lipinski definition) is 2. The first-order valence-electron chi connectivity index (χ1n) is 7.00. The third kappa shape index (κ3) is 3.70. The van der Waals surface area contributed by atoms with Gasteiger partial charge in [-0.3, -0.25) is 4.79 Å². The maximum Gasteiger partial charge on any atom is 0.311 e. The SMILES string of the molecule is Cc1ccc(C(Cc2ccc(CO)cc2)C(=O)O)cc1C. The third-order valence-corrected chi connectivity index (χ3v) is 3.88. The van der Waals surface area contributed by atoms with E-state index in [2.05, 4.69) is 0 Å². The van der Waals surface area contributed by atoms with Gasteiger partial charge < -0.3 is 10.2 Å². The summed E-state index contributed by atoms with van der Waals surface area (Å²) >= 11 is 0. The van der Waals surface area contributed by atoms with Crippen molar-refractivity contribution in [3.63, 3.8) is 0 Å². The molecule has 0 saturated heterocycles. The number of aryl methyl sites for hydroxylation is 2. The summed E-state index contributed by atoms with van der Waals surface area (Å²) in [5, 5.41) is 18.5. The minimum Gasteiger partial charge on any atom is -0.481 e. The van der Waals surface area contributed by atoms with E-state index in [-0.39, 0.29) is 6.61 Å². The Morgan fingerprint density at radius 1 is 1.00 bits per heavy atom. The number of hydrogen-bond donors (Lipinski definition) is 2. The van der Waals surface area contributed by atoms with E-state index in [1.807, 2.05) is 56.3 Å². The molecule has 1 atom stereocenters. The average Bonchev–Trinajstić information content (AvgIpc) is 2.48. The zero-order valence-electron chi connectivity index (χ0n) is 12.3. The quantitative estimate of drug-likeness (QED) is 0.886. The highest BCUT2D eigenvalue weighted by Gasteiger charge is 2.20. The Morgan fingerprint density at radius 2 is 1.62 bits per heavy atom. The van der Waals surface area contributed by atoms with E-state index < -0.39 is 11.9 Å². The summed E-state index contributed by atoms with van der Waals surface area (Å²) in [5.74, 6) is -1.37. The summed E-state index contributed by atoms with van der Waals surface area (Å²) in [6, 6.07) is 13.2. The lowest BCUT2D eigenvalue weighted by Gasteiger charge is -2.15. The largest absolute Gasteiger partial charge is 0.481 e. The van der Waals surface area contributed by atoms with Gasteiger partial charge in [0.05, 0.1) is 12.5 Å². The predicted molar refractivity (Wildman–Crippen MR) is 82.4 cm³/mol. The molecule has 0 radical (unpaired) electrons. The van der Waals surface area contributed by atoms with Crippen molar-refractivity contribution in [2.45, 2.75) is 32.8 Å². The summed E-state index contributed by atoms with van der Waals surface area (Å²) in [6.07, 6.45) is 0.448. The van der Waals surface area contributed by atoms with E-state index in [4.69, 9.17) is 5.11 Å². The Hall–Kier alpha value is -2.13. The van der Waals surface area contributed by atoms with Crippen molar-refractivity contribution in [1.82, 2.24) is 0 Å². The van der Waals surface area contributed by atoms with Crippen LogP contribution in [-0.4, -0.2) is 16.2 Å². The molecule has 0 aliphatic carbocycles. The number of rotatable bonds is 5. The minimum atomic E-state index is -0.815. The highest BCUT2D eigenvalue weighted by molar-refractivity contribution is 5.76. The van der Waals surface area contributed by atoms with E-state index in [1.54, 1.807) is 0 Å². The van der Waals surface area contributed by atoms with E-state index in [1.165, 1.54) is 0 Å². The average molecular weight is 284 g/mol. The standard InChI is InChI=1S/C18H20O3/c1-12-3-8-16(9-13(12)2)17(18(20)21)10-14-4-6-15(11-19)7-5-14/h3-9,17,19H,10-11H2,1-2H3,(H,20,21). The van der Waals surface area contributed by atoms with Crippen molar-refractivity contribution in [3.8, 4) is 0 Å². The first-order chi connectivity index (χ1) is 10.0. The molecule has 0 fully saturated rings. The zero-order chi connectivity index (χ0) is 15.4. The van der Waals surface area contributed by atoms with Gasteiger partial charge in [-0.25, -0.2) is 0 Å². The second kappa shape index (κ2) is 6.55. The van der Waals surface area contributed by atoms with E-state index in [9.17, 15) is 9.90 Å². The van der Waals surface area contributed by atoms with Crippen molar-refractivity contribution < 1.29 is 15.0 Å². The van der Waals surface area contributed by atoms with Gasteiger partial charge in [0.2, 0.25) is 0 Å². The van der Waals surface area contributed by atoms with Crippen LogP contribution in [0.5, 0.6) is 0 Å². The number of aliphatic hydroxyl groups is 1. The molecule has 0 bridgehead atoms. The fourth-order valence-corrected chi connectivity index (χ4v) is 2.35. The molecule has 0 heterocycles. The molecule has 110 valence electrons. The maximum absolute atomic E-state index is 11.6. The molecule has 0 aliphatic heterocycles. The summed E-state index contributed by atoms with van der Waals surface area (Å²) in [6.45, 7) is 4.01. The molecule has 2 aromatic carbocycles. The predicted octanol–water partition coefficient (Wildman–Crippen LogP) is 3.21. The Labute approximate surface area is 124 Å². The lowest BCUT2D eigenvalue weighted by Crippen LogP contribution is -2.14. The molecule has 2 N–H and O–H groups in total. The monoisotopic (exact) mass is 284 g/mol. The third-order valence-electron chi connectivity index (χ3n) is 3.88. The number of aliphatic carboxylic acids is 1. The van der Waals surface area contributed by atoms with Gasteiger partial charge in [-0.05, 0) is 48.1 Å². The van der Waals surface area contributed by atoms with E-state index in [0.29, 0.717) is 6.42 Å². The van der Waals surface area contributed by atoms with E-state index >= 15 is 0 Å². The number of aliphatic hydroxyl groups excluding tert-OH is 1. The van der Waals surface area contributed by atoms with Crippen LogP contribution in [0.3, 0.4) is 0 Å². The molecule has 0 amide bonds. The van der Waals surface area contributed by atoms with Crippen molar-refractivity contribution in [2.75, 3.05) is 0 Å². The molecule has 0 spiro atoms. The molecular formula is C18H20O3. The molecule has 2 rings (SSSR count). The molecular weight excluding hydrogens is 264 g/mol. The maximum atomic E-state index is 11.6. The van der Waals surface area contributed by atoms with Gasteiger partial charge in [0.15, 0.2) is 0 Å². The first kappa shape index (κ1) is 15.3. The molecule has 0 aliphatic rings. The zero-order valence-corrected chi connectivity index (χ0v) is 12.3. The number of carbonyl (C=O) groups is 1. The van der Waals surface area contributed by atoms with Crippen molar-refractivity contribution >= 4 is 5.97 Å². The van der Waals surface area contributed by atoms with Crippen LogP contribution in [0.2, 0.25) is 0 Å². The molecule has 3 heteroatoms. The molecule has 1 unspecified atom stereocenters. The van der Waals surface area contributed by atoms with Crippen molar-refractivity contribution in [2.24, 2.45) is 0 Å². The Kier molecular flexibility index (Phi) is 4.76. The van der Waals surface area contributed by atoms with Crippen LogP contribution in [0.25, 0.3) is 0 Å². The minimum absolute atomic E-state index is 0.000202. The highest BCUT2D eigenvalue weighted by Crippen LogP contribution is 2.24. The van der Waals surface area contributed by atoms with Gasteiger partial charge >= 0.3 is 5.97 Å². The molecule has 3 nitrogen and oxygen atoms in total. The van der Waals surface area contributed by atoms with Crippen LogP contribution in [0.4, 0.5) is 0 Å². The molecule has 0 aromatic heterocycles. The van der Waals surface area contributed by atoms with Gasteiger partial charge in [-0.1, -0.05) is 42.5 Å². The van der Waals surface area contributed by atoms with Crippen LogP contribution < -0.4 is 0 Å². The summed E-state index contributed by atoms with van der Waals surface area (Å²) in [4.78, 5) is 11.6. The second-order valence-electron chi connectivity index (χ2n) is 5.41. The Morgan fingerprint density at radius 3 is 2.14 bits per heavy atom. The molecule has 21 heavy (non-hydrogen) atoms. The number of carboxylic acid groups (broad SMARTS) is 1. The van der Waals surface area contributed by atoms with Crippen molar-refractivity contribution in [3.05, 3.63) is 70.3 Å². The number of carboxylic acids is 1. The summed E-state index contributed by atoms with van der Waals surface area (Å²) in [5.41, 5.74) is 4.89. The number of benzene rings is 2. The van der Waals surface area contributed by atoms with Crippen molar-refractivity contribution in [1.29, 1.82) is 0 Å². The second-order valence-corrected chi connectivity index (χ2v) is 5.41. The lowest BCUT2D eigenvalue weighted by molar-refractivity contribution is -0.138. The van der Waals surface area contributed by atoms with E-state index in [0.717, 1.165) is 27.8 Å². The van der Waals surface area contributed by atoms with Crippen LogP contribution in [-0.2, 0) is 17.8 Å². The Balaban J connectivity index is 2.26. The fraction of sp³-hybridized carbons (Fsp3) is 0.278. The summed E-state index contributed by atoms with van der Waals surface area (Å²) < 4.78 is 0.